The number of rotatable bonds is 4. The second-order valence-corrected chi connectivity index (χ2v) is 10.5. The topological polar surface area (TPSA) is 38.7 Å². The molecule has 0 saturated heterocycles. The maximum atomic E-state index is 5.12. The minimum absolute atomic E-state index is 0.940. The molecule has 0 unspecified atom stereocenters. The minimum Gasteiger partial charge on any atom is -0.256 e. The van der Waals surface area contributed by atoms with E-state index in [1.807, 2.05) is 48.8 Å². The monoisotopic (exact) mass is 535 g/mol. The molecule has 0 saturated carbocycles. The molecule has 0 aliphatic carbocycles. The molecule has 196 valence electrons. The second kappa shape index (κ2) is 10.1. The SMILES string of the molecule is c1ccc(-c2cc(-c3ccc(-c4c5ccccc5nc5c4ccc4ccccc45)cc3)cc(-c3ccccn3)c2)nc1. The average Bonchev–Trinajstić information content (AvgIpc) is 3.08. The molecule has 5 aromatic carbocycles. The third-order valence-corrected chi connectivity index (χ3v) is 7.94. The molecule has 0 atom stereocenters. The number of hydrogen-bond acceptors (Lipinski definition) is 3. The Labute approximate surface area is 243 Å². The summed E-state index contributed by atoms with van der Waals surface area (Å²) in [5.74, 6) is 0. The van der Waals surface area contributed by atoms with Crippen LogP contribution < -0.4 is 0 Å². The van der Waals surface area contributed by atoms with Gasteiger partial charge in [-0.3, -0.25) is 9.97 Å². The van der Waals surface area contributed by atoms with E-state index in [1.54, 1.807) is 0 Å². The summed E-state index contributed by atoms with van der Waals surface area (Å²) in [7, 11) is 0. The van der Waals surface area contributed by atoms with Gasteiger partial charge in [0.1, 0.15) is 0 Å². The van der Waals surface area contributed by atoms with Crippen molar-refractivity contribution in [2.75, 3.05) is 0 Å². The Balaban J connectivity index is 1.30. The van der Waals surface area contributed by atoms with Gasteiger partial charge in [-0.1, -0.05) is 91.0 Å². The van der Waals surface area contributed by atoms with Gasteiger partial charge >= 0.3 is 0 Å². The van der Waals surface area contributed by atoms with Gasteiger partial charge in [0.05, 0.1) is 22.4 Å². The molecule has 42 heavy (non-hydrogen) atoms. The number of pyridine rings is 3. The predicted octanol–water partition coefficient (Wildman–Crippen LogP) is 10.00. The lowest BCUT2D eigenvalue weighted by Crippen LogP contribution is -1.91. The van der Waals surface area contributed by atoms with E-state index in [0.717, 1.165) is 55.4 Å². The van der Waals surface area contributed by atoms with Gasteiger partial charge in [-0.2, -0.15) is 0 Å². The van der Waals surface area contributed by atoms with E-state index in [0.29, 0.717) is 0 Å². The van der Waals surface area contributed by atoms with E-state index in [4.69, 9.17) is 4.98 Å². The van der Waals surface area contributed by atoms with Crippen LogP contribution in [0.4, 0.5) is 0 Å². The molecule has 3 aromatic heterocycles. The molecule has 0 bridgehead atoms. The van der Waals surface area contributed by atoms with Crippen LogP contribution >= 0.6 is 0 Å². The molecule has 3 heterocycles. The Kier molecular flexibility index (Phi) is 5.79. The summed E-state index contributed by atoms with van der Waals surface area (Å²) >= 11 is 0. The Morgan fingerprint density at radius 3 is 1.67 bits per heavy atom. The van der Waals surface area contributed by atoms with E-state index in [1.165, 1.54) is 21.9 Å². The van der Waals surface area contributed by atoms with Crippen molar-refractivity contribution in [3.05, 3.63) is 152 Å². The molecular formula is C39H25N3. The van der Waals surface area contributed by atoms with Gasteiger partial charge in [-0.25, -0.2) is 4.98 Å². The lowest BCUT2D eigenvalue weighted by molar-refractivity contribution is 1.31. The van der Waals surface area contributed by atoms with Crippen LogP contribution in [-0.4, -0.2) is 15.0 Å². The first-order valence-corrected chi connectivity index (χ1v) is 14.1. The van der Waals surface area contributed by atoms with Gasteiger partial charge < -0.3 is 0 Å². The van der Waals surface area contributed by atoms with E-state index in [9.17, 15) is 0 Å². The summed E-state index contributed by atoms with van der Waals surface area (Å²) in [5.41, 5.74) is 10.7. The van der Waals surface area contributed by atoms with Crippen LogP contribution in [0.5, 0.6) is 0 Å². The summed E-state index contributed by atoms with van der Waals surface area (Å²) in [6.45, 7) is 0. The average molecular weight is 536 g/mol. The van der Waals surface area contributed by atoms with Gasteiger partial charge in [-0.15, -0.1) is 0 Å². The van der Waals surface area contributed by atoms with E-state index in [2.05, 4.69) is 113 Å². The zero-order valence-electron chi connectivity index (χ0n) is 22.8. The number of para-hydroxylation sites is 1. The summed E-state index contributed by atoms with van der Waals surface area (Å²) in [4.78, 5) is 14.4. The van der Waals surface area contributed by atoms with Crippen molar-refractivity contribution in [1.82, 2.24) is 15.0 Å². The fourth-order valence-electron chi connectivity index (χ4n) is 5.92. The fourth-order valence-corrected chi connectivity index (χ4v) is 5.92. The van der Waals surface area contributed by atoms with Gasteiger partial charge in [-0.05, 0) is 70.6 Å². The first-order chi connectivity index (χ1) is 20.8. The van der Waals surface area contributed by atoms with Gasteiger partial charge in [0.15, 0.2) is 0 Å². The van der Waals surface area contributed by atoms with Crippen molar-refractivity contribution in [2.24, 2.45) is 0 Å². The Morgan fingerprint density at radius 2 is 0.976 bits per heavy atom. The summed E-state index contributed by atoms with van der Waals surface area (Å²) in [5, 5.41) is 4.69. The number of hydrogen-bond donors (Lipinski definition) is 0. The van der Waals surface area contributed by atoms with E-state index < -0.39 is 0 Å². The zero-order chi connectivity index (χ0) is 27.9. The van der Waals surface area contributed by atoms with Crippen LogP contribution in [0.25, 0.3) is 77.3 Å². The molecule has 0 radical (unpaired) electrons. The summed E-state index contributed by atoms with van der Waals surface area (Å²) in [6, 6.07) is 48.9. The molecule has 0 fully saturated rings. The van der Waals surface area contributed by atoms with Gasteiger partial charge in [0.2, 0.25) is 0 Å². The molecular weight excluding hydrogens is 510 g/mol. The highest BCUT2D eigenvalue weighted by Gasteiger charge is 2.14. The normalized spacial score (nSPS) is 11.3. The first-order valence-electron chi connectivity index (χ1n) is 14.1. The molecule has 8 rings (SSSR count). The van der Waals surface area contributed by atoms with E-state index >= 15 is 0 Å². The number of nitrogens with zero attached hydrogens (tertiary/aromatic N) is 3. The lowest BCUT2D eigenvalue weighted by atomic mass is 9.92. The minimum atomic E-state index is 0.940. The van der Waals surface area contributed by atoms with Crippen LogP contribution in [0.15, 0.2) is 152 Å². The highest BCUT2D eigenvalue weighted by atomic mass is 14.7. The smallest absolute Gasteiger partial charge is 0.0794 e. The molecule has 0 aliphatic heterocycles. The molecule has 0 N–H and O–H groups in total. The van der Waals surface area contributed by atoms with Crippen molar-refractivity contribution in [3.8, 4) is 44.8 Å². The van der Waals surface area contributed by atoms with Gasteiger partial charge in [0, 0.05) is 45.2 Å². The second-order valence-electron chi connectivity index (χ2n) is 10.5. The van der Waals surface area contributed by atoms with Crippen molar-refractivity contribution in [2.45, 2.75) is 0 Å². The largest absolute Gasteiger partial charge is 0.256 e. The highest BCUT2D eigenvalue weighted by Crippen LogP contribution is 2.39. The molecule has 0 spiro atoms. The Hall–Kier alpha value is -5.67. The van der Waals surface area contributed by atoms with Crippen LogP contribution in [0.3, 0.4) is 0 Å². The highest BCUT2D eigenvalue weighted by molar-refractivity contribution is 6.16. The number of aromatic nitrogens is 3. The standard InChI is InChI=1S/C39H25N3/c1-2-10-32-27(9-1)19-20-34-38(33-11-3-4-14-37(33)42-39(32)34)28-17-15-26(16-18-28)29-23-30(35-12-5-7-21-40-35)25-31(24-29)36-13-6-8-22-41-36/h1-25H. The summed E-state index contributed by atoms with van der Waals surface area (Å²) < 4.78 is 0. The third kappa shape index (κ3) is 4.20. The fraction of sp³-hybridized carbons (Fsp3) is 0. The van der Waals surface area contributed by atoms with Crippen molar-refractivity contribution < 1.29 is 0 Å². The number of benzene rings is 5. The van der Waals surface area contributed by atoms with Crippen molar-refractivity contribution in [1.29, 1.82) is 0 Å². The maximum absolute atomic E-state index is 5.12. The molecule has 3 heteroatoms. The Bertz CT molecular complexity index is 2160. The zero-order valence-corrected chi connectivity index (χ0v) is 22.8. The van der Waals surface area contributed by atoms with Crippen LogP contribution in [0.1, 0.15) is 0 Å². The predicted molar refractivity (Wildman–Crippen MR) is 174 cm³/mol. The van der Waals surface area contributed by atoms with Crippen molar-refractivity contribution >= 4 is 32.6 Å². The lowest BCUT2D eigenvalue weighted by Gasteiger charge is -2.14. The van der Waals surface area contributed by atoms with E-state index in [-0.39, 0.29) is 0 Å². The molecule has 0 aliphatic rings. The quantitative estimate of drug-likeness (QED) is 0.166. The molecule has 3 nitrogen and oxygen atoms in total. The summed E-state index contributed by atoms with van der Waals surface area (Å²) in [6.07, 6.45) is 3.67. The van der Waals surface area contributed by atoms with Crippen LogP contribution in [0.2, 0.25) is 0 Å². The van der Waals surface area contributed by atoms with Gasteiger partial charge in [0.25, 0.3) is 0 Å². The molecule has 0 amide bonds. The maximum Gasteiger partial charge on any atom is 0.0794 e. The third-order valence-electron chi connectivity index (χ3n) is 7.94. The van der Waals surface area contributed by atoms with Crippen LogP contribution in [0, 0.1) is 0 Å². The Morgan fingerprint density at radius 1 is 0.381 bits per heavy atom. The van der Waals surface area contributed by atoms with Crippen LogP contribution in [-0.2, 0) is 0 Å². The van der Waals surface area contributed by atoms with Crippen molar-refractivity contribution in [3.63, 3.8) is 0 Å². The first kappa shape index (κ1) is 24.2. The molecule has 8 aromatic rings. The number of fused-ring (bicyclic) bond motifs is 4.